The molecule has 1 amide bonds. The van der Waals surface area contributed by atoms with Gasteiger partial charge in [-0.25, -0.2) is 4.98 Å². The maximum atomic E-state index is 12.0. The highest BCUT2D eigenvalue weighted by molar-refractivity contribution is 7.99. The fourth-order valence-corrected chi connectivity index (χ4v) is 2.47. The van der Waals surface area contributed by atoms with Crippen molar-refractivity contribution >= 4 is 29.2 Å². The maximum Gasteiger partial charge on any atom is 0.237 e. The minimum atomic E-state index is -0.0468. The van der Waals surface area contributed by atoms with E-state index in [1.807, 2.05) is 25.3 Å². The van der Waals surface area contributed by atoms with E-state index in [4.69, 9.17) is 0 Å². The summed E-state index contributed by atoms with van der Waals surface area (Å²) in [4.78, 5) is 18.7. The van der Waals surface area contributed by atoms with Gasteiger partial charge in [-0.3, -0.25) is 4.79 Å². The van der Waals surface area contributed by atoms with Gasteiger partial charge in [0.2, 0.25) is 5.91 Å². The van der Waals surface area contributed by atoms with Crippen molar-refractivity contribution in [3.63, 3.8) is 0 Å². The molecule has 1 aromatic rings. The average Bonchev–Trinajstić information content (AvgIpc) is 2.47. The van der Waals surface area contributed by atoms with Crippen LogP contribution in [0.25, 0.3) is 0 Å². The molecule has 5 heteroatoms. The van der Waals surface area contributed by atoms with Crippen molar-refractivity contribution in [3.05, 3.63) is 18.3 Å². The van der Waals surface area contributed by atoms with E-state index in [0.29, 0.717) is 0 Å². The molecule has 104 valence electrons. The zero-order chi connectivity index (χ0) is 13.7. The third kappa shape index (κ3) is 3.62. The molecule has 0 aliphatic carbocycles. The van der Waals surface area contributed by atoms with Crippen LogP contribution in [0.1, 0.15) is 26.2 Å². The first-order chi connectivity index (χ1) is 9.22. The zero-order valence-corrected chi connectivity index (χ0v) is 12.4. The Hall–Kier alpha value is -1.23. The number of thioether (sulfide) groups is 1. The summed E-state index contributed by atoms with van der Waals surface area (Å²) in [5.41, 5.74) is 0.829. The Bertz CT molecular complexity index is 432. The number of hydrogen-bond donors (Lipinski definition) is 1. The Labute approximate surface area is 119 Å². The molecule has 0 unspecified atom stereocenters. The van der Waals surface area contributed by atoms with Crippen LogP contribution in [0.15, 0.2) is 18.3 Å². The Balaban J connectivity index is 2.13. The smallest absolute Gasteiger partial charge is 0.237 e. The lowest BCUT2D eigenvalue weighted by Crippen LogP contribution is -2.32. The maximum absolute atomic E-state index is 12.0. The van der Waals surface area contributed by atoms with Gasteiger partial charge in [-0.15, -0.1) is 0 Å². The molecule has 0 radical (unpaired) electrons. The summed E-state index contributed by atoms with van der Waals surface area (Å²) in [6, 6.07) is 3.80. The number of nitrogens with zero attached hydrogens (tertiary/aromatic N) is 2. The molecule has 1 N–H and O–H groups in total. The number of rotatable bonds is 4. The van der Waals surface area contributed by atoms with E-state index in [1.54, 1.807) is 18.0 Å². The molecule has 1 fully saturated rings. The number of amides is 1. The second-order valence-electron chi connectivity index (χ2n) is 4.79. The minimum Gasteiger partial charge on any atom is -0.355 e. The lowest BCUT2D eigenvalue weighted by molar-refractivity contribution is -0.115. The fraction of sp³-hybridized carbons (Fsp3) is 0.571. The monoisotopic (exact) mass is 279 g/mol. The number of hydrogen-bond acceptors (Lipinski definition) is 4. The predicted octanol–water partition coefficient (Wildman–Crippen LogP) is 2.76. The number of carbonyl (C=O) groups excluding carboxylic acids is 1. The predicted molar refractivity (Wildman–Crippen MR) is 81.9 cm³/mol. The molecule has 0 aromatic carbocycles. The molecule has 1 atom stereocenters. The quantitative estimate of drug-likeness (QED) is 0.920. The fourth-order valence-electron chi connectivity index (χ4n) is 2.19. The molecule has 0 bridgehead atoms. The van der Waals surface area contributed by atoms with Crippen LogP contribution in [0.3, 0.4) is 0 Å². The zero-order valence-electron chi connectivity index (χ0n) is 11.6. The van der Waals surface area contributed by atoms with E-state index in [0.717, 1.165) is 24.6 Å². The summed E-state index contributed by atoms with van der Waals surface area (Å²) < 4.78 is 0. The van der Waals surface area contributed by atoms with Gasteiger partial charge in [0.1, 0.15) is 0 Å². The van der Waals surface area contributed by atoms with Crippen LogP contribution >= 0.6 is 11.8 Å². The number of piperidine rings is 1. The van der Waals surface area contributed by atoms with Gasteiger partial charge in [0.25, 0.3) is 0 Å². The van der Waals surface area contributed by atoms with Crippen molar-refractivity contribution in [1.82, 2.24) is 4.98 Å². The second-order valence-corrected chi connectivity index (χ2v) is 5.97. The topological polar surface area (TPSA) is 45.2 Å². The van der Waals surface area contributed by atoms with Crippen molar-refractivity contribution in [3.8, 4) is 0 Å². The van der Waals surface area contributed by atoms with Crippen LogP contribution in [0.5, 0.6) is 0 Å². The summed E-state index contributed by atoms with van der Waals surface area (Å²) in [5, 5.41) is 2.95. The highest BCUT2D eigenvalue weighted by Gasteiger charge is 2.18. The molecule has 4 nitrogen and oxygen atoms in total. The highest BCUT2D eigenvalue weighted by atomic mass is 32.2. The van der Waals surface area contributed by atoms with Crippen molar-refractivity contribution < 1.29 is 4.79 Å². The van der Waals surface area contributed by atoms with Gasteiger partial charge < -0.3 is 10.2 Å². The average molecular weight is 279 g/mol. The van der Waals surface area contributed by atoms with Gasteiger partial charge in [0, 0.05) is 19.3 Å². The van der Waals surface area contributed by atoms with Crippen molar-refractivity contribution in [2.24, 2.45) is 0 Å². The normalized spacial score (nSPS) is 17.1. The van der Waals surface area contributed by atoms with Crippen LogP contribution in [0.4, 0.5) is 11.5 Å². The Kier molecular flexibility index (Phi) is 5.07. The summed E-state index contributed by atoms with van der Waals surface area (Å²) >= 11 is 1.55. The second kappa shape index (κ2) is 6.80. The van der Waals surface area contributed by atoms with Gasteiger partial charge in [-0.1, -0.05) is 0 Å². The van der Waals surface area contributed by atoms with E-state index in [-0.39, 0.29) is 11.2 Å². The number of nitrogens with one attached hydrogen (secondary N) is 1. The van der Waals surface area contributed by atoms with Gasteiger partial charge >= 0.3 is 0 Å². The van der Waals surface area contributed by atoms with E-state index in [2.05, 4.69) is 15.2 Å². The Morgan fingerprint density at radius 2 is 2.16 bits per heavy atom. The van der Waals surface area contributed by atoms with Crippen LogP contribution in [0, 0.1) is 0 Å². The first kappa shape index (κ1) is 14.2. The number of pyridine rings is 1. The number of aromatic nitrogens is 1. The molecule has 1 aromatic heterocycles. The standard InChI is InChI=1S/C14H21N3OS/c1-11(19-2)14(18)16-12-7-6-8-15-13(12)17-9-4-3-5-10-17/h6-8,11H,3-5,9-10H2,1-2H3,(H,16,18)/t11-/m0/s1. The third-order valence-electron chi connectivity index (χ3n) is 3.42. The molecule has 2 heterocycles. The van der Waals surface area contributed by atoms with E-state index < -0.39 is 0 Å². The SMILES string of the molecule is CS[C@@H](C)C(=O)Nc1cccnc1N1CCCCC1. The summed E-state index contributed by atoms with van der Waals surface area (Å²) in [5.74, 6) is 0.947. The Morgan fingerprint density at radius 1 is 1.42 bits per heavy atom. The molecule has 1 aliphatic rings. The molecule has 0 spiro atoms. The van der Waals surface area contributed by atoms with Crippen LogP contribution in [0.2, 0.25) is 0 Å². The third-order valence-corrected chi connectivity index (χ3v) is 4.34. The van der Waals surface area contributed by atoms with Gasteiger partial charge in [-0.05, 0) is 44.6 Å². The summed E-state index contributed by atoms with van der Waals surface area (Å²) in [6.07, 6.45) is 7.42. The first-order valence-electron chi connectivity index (χ1n) is 6.76. The lowest BCUT2D eigenvalue weighted by Gasteiger charge is -2.29. The van der Waals surface area contributed by atoms with Crippen LogP contribution in [-0.2, 0) is 4.79 Å². The summed E-state index contributed by atoms with van der Waals surface area (Å²) in [7, 11) is 0. The molecule has 19 heavy (non-hydrogen) atoms. The lowest BCUT2D eigenvalue weighted by atomic mass is 10.1. The van der Waals surface area contributed by atoms with E-state index in [1.165, 1.54) is 19.3 Å². The van der Waals surface area contributed by atoms with Gasteiger partial charge in [0.15, 0.2) is 5.82 Å². The minimum absolute atomic E-state index is 0.0405. The van der Waals surface area contributed by atoms with E-state index >= 15 is 0 Å². The van der Waals surface area contributed by atoms with Crippen LogP contribution < -0.4 is 10.2 Å². The first-order valence-corrected chi connectivity index (χ1v) is 8.05. The van der Waals surface area contributed by atoms with Crippen molar-refractivity contribution in [2.75, 3.05) is 29.6 Å². The molecule has 0 saturated carbocycles. The van der Waals surface area contributed by atoms with Crippen molar-refractivity contribution in [1.29, 1.82) is 0 Å². The largest absolute Gasteiger partial charge is 0.355 e. The van der Waals surface area contributed by atoms with E-state index in [9.17, 15) is 4.79 Å². The molecular formula is C14H21N3OS. The van der Waals surface area contributed by atoms with Gasteiger partial charge in [0.05, 0.1) is 10.9 Å². The Morgan fingerprint density at radius 3 is 2.84 bits per heavy atom. The van der Waals surface area contributed by atoms with Gasteiger partial charge in [-0.2, -0.15) is 11.8 Å². The molecule has 1 aliphatic heterocycles. The van der Waals surface area contributed by atoms with Crippen molar-refractivity contribution in [2.45, 2.75) is 31.4 Å². The highest BCUT2D eigenvalue weighted by Crippen LogP contribution is 2.26. The molecule has 2 rings (SSSR count). The molecular weight excluding hydrogens is 258 g/mol. The van der Waals surface area contributed by atoms with Crippen LogP contribution in [-0.4, -0.2) is 35.5 Å². The number of anilines is 2. The summed E-state index contributed by atoms with van der Waals surface area (Å²) in [6.45, 7) is 3.97. The number of carbonyl (C=O) groups is 1. The molecule has 1 saturated heterocycles.